The molecule has 1 saturated heterocycles. The number of fused-ring (bicyclic) bond motifs is 1. The number of benzene rings is 1. The summed E-state index contributed by atoms with van der Waals surface area (Å²) in [5, 5.41) is 13.1. The number of hydrogen-bond donors (Lipinski definition) is 1. The van der Waals surface area contributed by atoms with Gasteiger partial charge in [0.25, 0.3) is 5.56 Å². The highest BCUT2D eigenvalue weighted by molar-refractivity contribution is 6.31. The molecule has 1 unspecified atom stereocenters. The van der Waals surface area contributed by atoms with Crippen LogP contribution in [0.4, 0.5) is 0 Å². The summed E-state index contributed by atoms with van der Waals surface area (Å²) in [6, 6.07) is 5.09. The van der Waals surface area contributed by atoms with E-state index in [1.807, 2.05) is 4.90 Å². The van der Waals surface area contributed by atoms with Gasteiger partial charge in [0.15, 0.2) is 0 Å². The van der Waals surface area contributed by atoms with Gasteiger partial charge < -0.3 is 10.0 Å². The van der Waals surface area contributed by atoms with Crippen molar-refractivity contribution in [1.82, 2.24) is 14.5 Å². The van der Waals surface area contributed by atoms with Gasteiger partial charge in [0, 0.05) is 29.4 Å². The normalized spacial score (nSPS) is 25.9. The van der Waals surface area contributed by atoms with Gasteiger partial charge in [0.2, 0.25) is 5.91 Å². The molecule has 2 heterocycles. The molecule has 2 atom stereocenters. The lowest BCUT2D eigenvalue weighted by Gasteiger charge is -2.52. The van der Waals surface area contributed by atoms with Crippen LogP contribution in [-0.2, 0) is 11.3 Å². The average molecular weight is 500 g/mol. The summed E-state index contributed by atoms with van der Waals surface area (Å²) in [4.78, 5) is 33.2. The number of piperidine rings is 1. The van der Waals surface area contributed by atoms with Crippen molar-refractivity contribution < 1.29 is 9.90 Å². The topological polar surface area (TPSA) is 75.4 Å². The molecule has 190 valence electrons. The fourth-order valence-electron chi connectivity index (χ4n) is 7.15. The largest absolute Gasteiger partial charge is 0.387 e. The summed E-state index contributed by atoms with van der Waals surface area (Å²) in [7, 11) is 0. The summed E-state index contributed by atoms with van der Waals surface area (Å²) in [6.45, 7) is 3.42. The van der Waals surface area contributed by atoms with E-state index >= 15 is 0 Å². The fraction of sp³-hybridized carbons (Fsp3) is 0.679. The Bertz CT molecular complexity index is 1140. The minimum Gasteiger partial charge on any atom is -0.387 e. The number of halogens is 1. The third-order valence-corrected chi connectivity index (χ3v) is 9.44. The van der Waals surface area contributed by atoms with Crippen LogP contribution in [-0.4, -0.2) is 44.2 Å². The molecule has 1 spiro atoms. The number of aliphatic hydroxyl groups is 1. The number of carbonyl (C=O) groups is 1. The van der Waals surface area contributed by atoms with Crippen molar-refractivity contribution in [2.45, 2.75) is 89.7 Å². The second kappa shape index (κ2) is 9.85. The van der Waals surface area contributed by atoms with Gasteiger partial charge in [-0.3, -0.25) is 14.2 Å². The Kier molecular flexibility index (Phi) is 6.97. The zero-order valence-electron chi connectivity index (χ0n) is 20.8. The summed E-state index contributed by atoms with van der Waals surface area (Å²) in [6.07, 6.45) is 13.3. The second-order valence-corrected chi connectivity index (χ2v) is 11.9. The molecule has 35 heavy (non-hydrogen) atoms. The van der Waals surface area contributed by atoms with Crippen LogP contribution in [0.2, 0.25) is 5.02 Å². The molecule has 1 amide bonds. The van der Waals surface area contributed by atoms with Crippen LogP contribution in [0, 0.1) is 17.3 Å². The predicted molar refractivity (Wildman–Crippen MR) is 138 cm³/mol. The van der Waals surface area contributed by atoms with Gasteiger partial charge in [-0.1, -0.05) is 63.5 Å². The molecule has 1 aliphatic heterocycles. The quantitative estimate of drug-likeness (QED) is 0.615. The molecule has 3 aliphatic rings. The van der Waals surface area contributed by atoms with E-state index in [4.69, 9.17) is 11.6 Å². The number of amides is 1. The van der Waals surface area contributed by atoms with Crippen LogP contribution in [0.1, 0.15) is 77.6 Å². The Morgan fingerprint density at radius 3 is 2.66 bits per heavy atom. The maximum atomic E-state index is 13.5. The molecule has 7 heteroatoms. The van der Waals surface area contributed by atoms with E-state index < -0.39 is 5.60 Å². The van der Waals surface area contributed by atoms with Crippen LogP contribution < -0.4 is 5.56 Å². The first-order valence-electron chi connectivity index (χ1n) is 13.5. The smallest absolute Gasteiger partial charge is 0.261 e. The Labute approximate surface area is 212 Å². The highest BCUT2D eigenvalue weighted by atomic mass is 35.5. The molecule has 1 N–H and O–H groups in total. The highest BCUT2D eigenvalue weighted by Gasteiger charge is 2.55. The van der Waals surface area contributed by atoms with E-state index in [1.165, 1.54) is 38.4 Å². The van der Waals surface area contributed by atoms with Gasteiger partial charge >= 0.3 is 0 Å². The van der Waals surface area contributed by atoms with Crippen molar-refractivity contribution in [2.75, 3.05) is 13.1 Å². The standard InChI is InChI=1S/C28H38ClN3O3/c1-20(15-21-7-3-2-4-8-21)25(33)31-14-13-28(35,27(17-31)11-5-6-12-27)18-32-19-30-24-16-22(29)9-10-23(24)26(32)34/h9-10,16,19-21,35H,2-8,11-15,17-18H2,1H3/t20-,28?/m1/s1. The van der Waals surface area contributed by atoms with Crippen molar-refractivity contribution in [1.29, 1.82) is 0 Å². The molecular weight excluding hydrogens is 462 g/mol. The van der Waals surface area contributed by atoms with E-state index in [9.17, 15) is 14.7 Å². The molecule has 2 saturated carbocycles. The van der Waals surface area contributed by atoms with Crippen LogP contribution in [0.5, 0.6) is 0 Å². The fourth-order valence-corrected chi connectivity index (χ4v) is 7.31. The summed E-state index contributed by atoms with van der Waals surface area (Å²) >= 11 is 6.07. The van der Waals surface area contributed by atoms with E-state index in [1.54, 1.807) is 22.8 Å². The lowest BCUT2D eigenvalue weighted by molar-refractivity contribution is -0.163. The minimum absolute atomic E-state index is 0.0295. The van der Waals surface area contributed by atoms with E-state index in [0.717, 1.165) is 32.1 Å². The molecule has 2 aliphatic carbocycles. The Morgan fingerprint density at radius 2 is 1.91 bits per heavy atom. The predicted octanol–water partition coefficient (Wildman–Crippen LogP) is 5.18. The molecule has 5 rings (SSSR count). The molecule has 1 aromatic heterocycles. The van der Waals surface area contributed by atoms with Gasteiger partial charge in [0.05, 0.1) is 29.4 Å². The van der Waals surface area contributed by atoms with Gasteiger partial charge in [-0.25, -0.2) is 4.98 Å². The maximum absolute atomic E-state index is 13.5. The first-order valence-corrected chi connectivity index (χ1v) is 13.8. The van der Waals surface area contributed by atoms with E-state index in [-0.39, 0.29) is 29.3 Å². The van der Waals surface area contributed by atoms with Crippen LogP contribution in [0.25, 0.3) is 10.9 Å². The number of hydrogen-bond acceptors (Lipinski definition) is 4. The molecular formula is C28H38ClN3O3. The zero-order valence-corrected chi connectivity index (χ0v) is 21.6. The third kappa shape index (κ3) is 4.76. The van der Waals surface area contributed by atoms with Crippen LogP contribution >= 0.6 is 11.6 Å². The van der Waals surface area contributed by atoms with E-state index in [0.29, 0.717) is 41.4 Å². The van der Waals surface area contributed by atoms with Crippen molar-refractivity contribution in [3.63, 3.8) is 0 Å². The van der Waals surface area contributed by atoms with Crippen molar-refractivity contribution in [3.8, 4) is 0 Å². The number of aromatic nitrogens is 2. The molecule has 0 bridgehead atoms. The average Bonchev–Trinajstić information content (AvgIpc) is 3.33. The van der Waals surface area contributed by atoms with Gasteiger partial charge in [-0.15, -0.1) is 0 Å². The number of rotatable bonds is 5. The minimum atomic E-state index is -1.04. The van der Waals surface area contributed by atoms with Crippen LogP contribution in [0.3, 0.4) is 0 Å². The summed E-state index contributed by atoms with van der Waals surface area (Å²) in [5.41, 5.74) is -1.01. The number of carbonyl (C=O) groups excluding carboxylic acids is 1. The number of likely N-dealkylation sites (tertiary alicyclic amines) is 1. The van der Waals surface area contributed by atoms with Gasteiger partial charge in [-0.2, -0.15) is 0 Å². The molecule has 0 radical (unpaired) electrons. The zero-order chi connectivity index (χ0) is 24.6. The van der Waals surface area contributed by atoms with Crippen molar-refractivity contribution in [3.05, 3.63) is 39.9 Å². The SMILES string of the molecule is C[C@H](CC1CCCCC1)C(=O)N1CCC(O)(Cn2cnc3cc(Cl)ccc3c2=O)C2(CCCC2)C1. The molecule has 1 aromatic carbocycles. The number of nitrogens with zero attached hydrogens (tertiary/aromatic N) is 3. The molecule has 6 nitrogen and oxygen atoms in total. The Hall–Kier alpha value is -1.92. The lowest BCUT2D eigenvalue weighted by atomic mass is 9.65. The summed E-state index contributed by atoms with van der Waals surface area (Å²) < 4.78 is 1.56. The summed E-state index contributed by atoms with van der Waals surface area (Å²) in [5.74, 6) is 0.944. The maximum Gasteiger partial charge on any atom is 0.261 e. The third-order valence-electron chi connectivity index (χ3n) is 9.20. The first kappa shape index (κ1) is 24.8. The molecule has 2 aromatic rings. The van der Waals surface area contributed by atoms with Gasteiger partial charge in [-0.05, 0) is 49.8 Å². The monoisotopic (exact) mass is 499 g/mol. The Balaban J connectivity index is 1.35. The lowest BCUT2D eigenvalue weighted by Crippen LogP contribution is -2.62. The van der Waals surface area contributed by atoms with E-state index in [2.05, 4.69) is 11.9 Å². The van der Waals surface area contributed by atoms with Gasteiger partial charge in [0.1, 0.15) is 0 Å². The van der Waals surface area contributed by atoms with Crippen molar-refractivity contribution >= 4 is 28.4 Å². The Morgan fingerprint density at radius 1 is 1.17 bits per heavy atom. The van der Waals surface area contributed by atoms with Crippen LogP contribution in [0.15, 0.2) is 29.3 Å². The molecule has 3 fully saturated rings. The second-order valence-electron chi connectivity index (χ2n) is 11.5. The highest BCUT2D eigenvalue weighted by Crippen LogP contribution is 2.51. The first-order chi connectivity index (χ1) is 16.8. The van der Waals surface area contributed by atoms with Crippen molar-refractivity contribution in [2.24, 2.45) is 17.3 Å².